The van der Waals surface area contributed by atoms with Crippen LogP contribution in [0.3, 0.4) is 0 Å². The second kappa shape index (κ2) is 4.90. The van der Waals surface area contributed by atoms with E-state index in [2.05, 4.69) is 17.6 Å². The molecule has 102 valence electrons. The molecule has 5 nitrogen and oxygen atoms in total. The zero-order chi connectivity index (χ0) is 13.4. The number of hydrogen-bond acceptors (Lipinski definition) is 4. The summed E-state index contributed by atoms with van der Waals surface area (Å²) in [5, 5.41) is 6.53. The van der Waals surface area contributed by atoms with Gasteiger partial charge in [0.25, 0.3) is 0 Å². The van der Waals surface area contributed by atoms with Crippen molar-refractivity contribution in [3.63, 3.8) is 0 Å². The van der Waals surface area contributed by atoms with E-state index in [-0.39, 0.29) is 18.6 Å². The van der Waals surface area contributed by atoms with E-state index < -0.39 is 0 Å². The van der Waals surface area contributed by atoms with Crippen molar-refractivity contribution in [1.82, 2.24) is 5.32 Å². The molecular weight excluding hydrogens is 268 g/mol. The van der Waals surface area contributed by atoms with Crippen molar-refractivity contribution in [2.24, 2.45) is 11.8 Å². The van der Waals surface area contributed by atoms with E-state index in [1.807, 2.05) is 0 Å². The molecule has 2 aliphatic rings. The van der Waals surface area contributed by atoms with Crippen molar-refractivity contribution < 1.29 is 14.3 Å². The highest BCUT2D eigenvalue weighted by atomic mass is 35.5. The number of hydrogen-bond donors (Lipinski definition) is 2. The maximum Gasteiger partial charge on any atom is 0.231 e. The Kier molecular flexibility index (Phi) is 3.24. The zero-order valence-corrected chi connectivity index (χ0v) is 11.3. The standard InChI is InChI=1S/C13H15ClN2O3/c1-7-4-15-5-8(7)13(17)16-10-3-12-11(2-9(10)14)18-6-19-12/h2-3,7-8,15H,4-6H2,1H3,(H,16,17)/t7-,8-/m1/s1. The molecule has 3 rings (SSSR count). The highest BCUT2D eigenvalue weighted by molar-refractivity contribution is 6.34. The molecule has 0 bridgehead atoms. The Morgan fingerprint density at radius 2 is 2.11 bits per heavy atom. The summed E-state index contributed by atoms with van der Waals surface area (Å²) in [5.41, 5.74) is 0.565. The van der Waals surface area contributed by atoms with E-state index in [1.54, 1.807) is 12.1 Å². The van der Waals surface area contributed by atoms with Crippen LogP contribution in [0.15, 0.2) is 12.1 Å². The van der Waals surface area contributed by atoms with Gasteiger partial charge in [-0.05, 0) is 12.5 Å². The van der Waals surface area contributed by atoms with Crippen LogP contribution in [0.1, 0.15) is 6.92 Å². The van der Waals surface area contributed by atoms with Gasteiger partial charge < -0.3 is 20.1 Å². The first kappa shape index (κ1) is 12.6. The lowest BCUT2D eigenvalue weighted by Crippen LogP contribution is -2.27. The second-order valence-corrected chi connectivity index (χ2v) is 5.32. The highest BCUT2D eigenvalue weighted by Gasteiger charge is 2.30. The normalized spacial score (nSPS) is 24.5. The molecule has 2 aliphatic heterocycles. The minimum absolute atomic E-state index is 0.0155. The fraction of sp³-hybridized carbons (Fsp3) is 0.462. The molecule has 2 heterocycles. The lowest BCUT2D eigenvalue weighted by Gasteiger charge is -2.15. The Labute approximate surface area is 116 Å². The van der Waals surface area contributed by atoms with Crippen LogP contribution in [0.4, 0.5) is 5.69 Å². The third kappa shape index (κ3) is 2.35. The molecular formula is C13H15ClN2O3. The molecule has 0 radical (unpaired) electrons. The number of fused-ring (bicyclic) bond motifs is 1. The van der Waals surface area contributed by atoms with Crippen molar-refractivity contribution in [2.45, 2.75) is 6.92 Å². The predicted octanol–water partition coefficient (Wildman–Crippen LogP) is 1.86. The van der Waals surface area contributed by atoms with Crippen LogP contribution >= 0.6 is 11.6 Å². The summed E-state index contributed by atoms with van der Waals surface area (Å²) >= 11 is 6.13. The van der Waals surface area contributed by atoms with Crippen molar-refractivity contribution >= 4 is 23.2 Å². The number of carbonyl (C=O) groups excluding carboxylic acids is 1. The molecule has 1 aromatic carbocycles. The Morgan fingerprint density at radius 1 is 1.37 bits per heavy atom. The van der Waals surface area contributed by atoms with Gasteiger partial charge in [0.05, 0.1) is 16.6 Å². The second-order valence-electron chi connectivity index (χ2n) is 4.92. The van der Waals surface area contributed by atoms with Gasteiger partial charge in [0, 0.05) is 18.7 Å². The predicted molar refractivity (Wildman–Crippen MR) is 71.7 cm³/mol. The third-order valence-corrected chi connectivity index (χ3v) is 3.89. The van der Waals surface area contributed by atoms with E-state index in [0.717, 1.165) is 6.54 Å². The summed E-state index contributed by atoms with van der Waals surface area (Å²) in [6, 6.07) is 3.37. The van der Waals surface area contributed by atoms with Crippen LogP contribution in [0.5, 0.6) is 11.5 Å². The third-order valence-electron chi connectivity index (χ3n) is 3.57. The highest BCUT2D eigenvalue weighted by Crippen LogP contribution is 2.39. The van der Waals surface area contributed by atoms with Crippen LogP contribution in [-0.4, -0.2) is 25.8 Å². The van der Waals surface area contributed by atoms with Gasteiger partial charge in [0.2, 0.25) is 12.7 Å². The lowest BCUT2D eigenvalue weighted by atomic mass is 9.97. The molecule has 0 aliphatic carbocycles. The summed E-state index contributed by atoms with van der Waals surface area (Å²) in [4.78, 5) is 12.2. The van der Waals surface area contributed by atoms with Gasteiger partial charge in [-0.25, -0.2) is 0 Å². The average Bonchev–Trinajstić information content (AvgIpc) is 2.98. The molecule has 1 saturated heterocycles. The maximum absolute atomic E-state index is 12.2. The lowest BCUT2D eigenvalue weighted by molar-refractivity contribution is -0.120. The molecule has 2 atom stereocenters. The number of amides is 1. The van der Waals surface area contributed by atoms with E-state index in [9.17, 15) is 4.79 Å². The first-order valence-corrected chi connectivity index (χ1v) is 6.63. The van der Waals surface area contributed by atoms with Crippen molar-refractivity contribution in [3.8, 4) is 11.5 Å². The number of ether oxygens (including phenoxy) is 2. The van der Waals surface area contributed by atoms with Crippen LogP contribution in [-0.2, 0) is 4.79 Å². The number of carbonyl (C=O) groups is 1. The van der Waals surface area contributed by atoms with Crippen molar-refractivity contribution in [3.05, 3.63) is 17.2 Å². The van der Waals surface area contributed by atoms with Crippen LogP contribution in [0, 0.1) is 11.8 Å². The van der Waals surface area contributed by atoms with Gasteiger partial charge in [-0.2, -0.15) is 0 Å². The van der Waals surface area contributed by atoms with Gasteiger partial charge in [0.15, 0.2) is 11.5 Å². The average molecular weight is 283 g/mol. The minimum Gasteiger partial charge on any atom is -0.454 e. The van der Waals surface area contributed by atoms with Crippen LogP contribution in [0.2, 0.25) is 5.02 Å². The Morgan fingerprint density at radius 3 is 2.79 bits per heavy atom. The van der Waals surface area contributed by atoms with Gasteiger partial charge in [0.1, 0.15) is 0 Å². The number of anilines is 1. The molecule has 1 amide bonds. The Balaban J connectivity index is 1.78. The van der Waals surface area contributed by atoms with E-state index in [0.29, 0.717) is 34.7 Å². The van der Waals surface area contributed by atoms with E-state index >= 15 is 0 Å². The Bertz CT molecular complexity index is 521. The summed E-state index contributed by atoms with van der Waals surface area (Å²) in [6.07, 6.45) is 0. The SMILES string of the molecule is C[C@@H]1CNC[C@H]1C(=O)Nc1cc2c(cc1Cl)OCO2. The molecule has 0 spiro atoms. The van der Waals surface area contributed by atoms with Crippen LogP contribution < -0.4 is 20.1 Å². The quantitative estimate of drug-likeness (QED) is 0.869. The van der Waals surface area contributed by atoms with Crippen molar-refractivity contribution in [2.75, 3.05) is 25.2 Å². The largest absolute Gasteiger partial charge is 0.454 e. The monoisotopic (exact) mass is 282 g/mol. The van der Waals surface area contributed by atoms with Gasteiger partial charge >= 0.3 is 0 Å². The fourth-order valence-corrected chi connectivity index (χ4v) is 2.60. The molecule has 19 heavy (non-hydrogen) atoms. The fourth-order valence-electron chi connectivity index (χ4n) is 2.40. The molecule has 0 unspecified atom stereocenters. The molecule has 6 heteroatoms. The summed E-state index contributed by atoms with van der Waals surface area (Å²) in [7, 11) is 0. The van der Waals surface area contributed by atoms with Gasteiger partial charge in [-0.1, -0.05) is 18.5 Å². The number of halogens is 1. The maximum atomic E-state index is 12.2. The van der Waals surface area contributed by atoms with E-state index in [1.165, 1.54) is 0 Å². The number of nitrogens with one attached hydrogen (secondary N) is 2. The van der Waals surface area contributed by atoms with Crippen molar-refractivity contribution in [1.29, 1.82) is 0 Å². The van der Waals surface area contributed by atoms with Gasteiger partial charge in [-0.3, -0.25) is 4.79 Å². The summed E-state index contributed by atoms with van der Waals surface area (Å²) in [6.45, 7) is 3.82. The molecule has 2 N–H and O–H groups in total. The first-order chi connectivity index (χ1) is 9.15. The first-order valence-electron chi connectivity index (χ1n) is 6.26. The van der Waals surface area contributed by atoms with Crippen LogP contribution in [0.25, 0.3) is 0 Å². The Hall–Kier alpha value is -1.46. The summed E-state index contributed by atoms with van der Waals surface area (Å²) < 4.78 is 10.5. The molecule has 1 aromatic rings. The number of rotatable bonds is 2. The molecule has 0 aromatic heterocycles. The van der Waals surface area contributed by atoms with E-state index in [4.69, 9.17) is 21.1 Å². The summed E-state index contributed by atoms with van der Waals surface area (Å²) in [5.74, 6) is 1.50. The number of benzene rings is 1. The smallest absolute Gasteiger partial charge is 0.231 e. The minimum atomic E-state index is -0.0264. The molecule has 1 fully saturated rings. The topological polar surface area (TPSA) is 59.6 Å². The molecule has 0 saturated carbocycles. The zero-order valence-electron chi connectivity index (χ0n) is 10.5. The van der Waals surface area contributed by atoms with Gasteiger partial charge in [-0.15, -0.1) is 0 Å².